The van der Waals surface area contributed by atoms with Crippen LogP contribution in [-0.4, -0.2) is 19.3 Å². The van der Waals surface area contributed by atoms with Gasteiger partial charge in [-0.3, -0.25) is 9.52 Å². The Morgan fingerprint density at radius 1 is 1.10 bits per heavy atom. The summed E-state index contributed by atoms with van der Waals surface area (Å²) in [6.45, 7) is 3.22. The largest absolute Gasteiger partial charge is 0.506 e. The van der Waals surface area contributed by atoms with Crippen LogP contribution in [0, 0.1) is 6.92 Å². The first-order chi connectivity index (χ1) is 9.79. The number of aryl methyl sites for hydroxylation is 1. The first-order valence-electron chi connectivity index (χ1n) is 6.23. The highest BCUT2D eigenvalue weighted by Crippen LogP contribution is 2.27. The van der Waals surface area contributed by atoms with E-state index in [1.165, 1.54) is 37.3 Å². The fraction of sp³-hybridized carbons (Fsp3) is 0.133. The fourth-order valence-corrected chi connectivity index (χ4v) is 2.82. The summed E-state index contributed by atoms with van der Waals surface area (Å²) in [4.78, 5) is 11.4. The van der Waals surface area contributed by atoms with E-state index in [9.17, 15) is 18.3 Å². The van der Waals surface area contributed by atoms with Crippen molar-refractivity contribution in [1.29, 1.82) is 0 Å². The number of benzene rings is 2. The number of ketones is 1. The van der Waals surface area contributed by atoms with E-state index in [2.05, 4.69) is 4.72 Å². The monoisotopic (exact) mass is 305 g/mol. The van der Waals surface area contributed by atoms with Crippen molar-refractivity contribution in [2.24, 2.45) is 0 Å². The predicted octanol–water partition coefficient (Wildman–Crippen LogP) is 2.70. The predicted molar refractivity (Wildman–Crippen MR) is 80.1 cm³/mol. The van der Waals surface area contributed by atoms with Gasteiger partial charge in [0, 0.05) is 5.56 Å². The number of phenols is 1. The molecule has 0 aliphatic rings. The summed E-state index contributed by atoms with van der Waals surface area (Å²) in [5.74, 6) is -0.457. The summed E-state index contributed by atoms with van der Waals surface area (Å²) in [7, 11) is -3.82. The van der Waals surface area contributed by atoms with E-state index in [1.807, 2.05) is 6.92 Å². The Bertz CT molecular complexity index is 780. The minimum Gasteiger partial charge on any atom is -0.506 e. The van der Waals surface area contributed by atoms with Gasteiger partial charge in [0.1, 0.15) is 5.75 Å². The SMILES string of the molecule is CC(=O)c1ccc(O)c(NS(=O)(=O)c2ccc(C)cc2)c1. The second kappa shape index (κ2) is 5.57. The zero-order chi connectivity index (χ0) is 15.6. The highest BCUT2D eigenvalue weighted by Gasteiger charge is 2.16. The molecule has 0 saturated carbocycles. The molecule has 0 aromatic heterocycles. The molecule has 0 radical (unpaired) electrons. The Morgan fingerprint density at radius 2 is 1.71 bits per heavy atom. The normalized spacial score (nSPS) is 11.1. The van der Waals surface area contributed by atoms with Crippen molar-refractivity contribution in [2.45, 2.75) is 18.7 Å². The van der Waals surface area contributed by atoms with Crippen molar-refractivity contribution in [3.63, 3.8) is 0 Å². The van der Waals surface area contributed by atoms with Gasteiger partial charge in [0.05, 0.1) is 10.6 Å². The molecule has 0 fully saturated rings. The zero-order valence-corrected chi connectivity index (χ0v) is 12.4. The van der Waals surface area contributed by atoms with E-state index >= 15 is 0 Å². The molecular weight excluding hydrogens is 290 g/mol. The van der Waals surface area contributed by atoms with Gasteiger partial charge in [-0.25, -0.2) is 8.42 Å². The number of aromatic hydroxyl groups is 1. The summed E-state index contributed by atoms with van der Waals surface area (Å²) in [5, 5.41) is 9.73. The summed E-state index contributed by atoms with van der Waals surface area (Å²) in [6.07, 6.45) is 0. The smallest absolute Gasteiger partial charge is 0.262 e. The molecular formula is C15H15NO4S. The lowest BCUT2D eigenvalue weighted by atomic mass is 10.1. The summed E-state index contributed by atoms with van der Waals surface area (Å²) in [5.41, 5.74) is 1.23. The molecule has 2 rings (SSSR count). The number of sulfonamides is 1. The van der Waals surface area contributed by atoms with E-state index in [0.29, 0.717) is 5.56 Å². The van der Waals surface area contributed by atoms with E-state index in [1.54, 1.807) is 12.1 Å². The maximum absolute atomic E-state index is 12.2. The van der Waals surface area contributed by atoms with Crippen LogP contribution in [0.15, 0.2) is 47.4 Å². The topological polar surface area (TPSA) is 83.5 Å². The number of hydrogen-bond acceptors (Lipinski definition) is 4. The standard InChI is InChI=1S/C15H15NO4S/c1-10-3-6-13(7-4-10)21(19,20)16-14-9-12(11(2)17)5-8-15(14)18/h3-9,16,18H,1-2H3. The maximum Gasteiger partial charge on any atom is 0.262 e. The Balaban J connectivity index is 2.38. The minimum atomic E-state index is -3.82. The number of rotatable bonds is 4. The van der Waals surface area contributed by atoms with E-state index < -0.39 is 10.0 Å². The Labute approximate surface area is 123 Å². The average molecular weight is 305 g/mol. The summed E-state index contributed by atoms with van der Waals surface area (Å²) >= 11 is 0. The van der Waals surface area contributed by atoms with Gasteiger partial charge in [-0.15, -0.1) is 0 Å². The third-order valence-electron chi connectivity index (χ3n) is 2.98. The van der Waals surface area contributed by atoms with Crippen molar-refractivity contribution in [3.8, 4) is 5.75 Å². The van der Waals surface area contributed by atoms with E-state index in [4.69, 9.17) is 0 Å². The van der Waals surface area contributed by atoms with Crippen molar-refractivity contribution >= 4 is 21.5 Å². The number of nitrogens with one attached hydrogen (secondary N) is 1. The van der Waals surface area contributed by atoms with Crippen LogP contribution in [0.2, 0.25) is 0 Å². The molecule has 0 aliphatic heterocycles. The van der Waals surface area contributed by atoms with Gasteiger partial charge in [-0.2, -0.15) is 0 Å². The molecule has 5 nitrogen and oxygen atoms in total. The van der Waals surface area contributed by atoms with Crippen molar-refractivity contribution in [1.82, 2.24) is 0 Å². The Kier molecular flexibility index (Phi) is 3.99. The second-order valence-electron chi connectivity index (χ2n) is 4.71. The third-order valence-corrected chi connectivity index (χ3v) is 4.36. The first-order valence-corrected chi connectivity index (χ1v) is 7.71. The van der Waals surface area contributed by atoms with Gasteiger partial charge in [0.2, 0.25) is 0 Å². The van der Waals surface area contributed by atoms with Gasteiger partial charge in [0.15, 0.2) is 5.78 Å². The lowest BCUT2D eigenvalue weighted by molar-refractivity contribution is 0.101. The molecule has 21 heavy (non-hydrogen) atoms. The number of carbonyl (C=O) groups is 1. The molecule has 2 aromatic carbocycles. The summed E-state index contributed by atoms with van der Waals surface area (Å²) in [6, 6.07) is 10.3. The lowest BCUT2D eigenvalue weighted by Crippen LogP contribution is -2.13. The van der Waals surface area contributed by atoms with Gasteiger partial charge >= 0.3 is 0 Å². The molecule has 0 saturated heterocycles. The van der Waals surface area contributed by atoms with Gasteiger partial charge in [-0.1, -0.05) is 17.7 Å². The van der Waals surface area contributed by atoms with E-state index in [0.717, 1.165) is 5.56 Å². The van der Waals surface area contributed by atoms with Crippen LogP contribution >= 0.6 is 0 Å². The third kappa shape index (κ3) is 3.41. The van der Waals surface area contributed by atoms with Crippen LogP contribution in [0.1, 0.15) is 22.8 Å². The Morgan fingerprint density at radius 3 is 2.29 bits per heavy atom. The van der Waals surface area contributed by atoms with Crippen LogP contribution in [0.4, 0.5) is 5.69 Å². The molecule has 0 aliphatic carbocycles. The molecule has 2 N–H and O–H groups in total. The van der Waals surface area contributed by atoms with Crippen molar-refractivity contribution in [2.75, 3.05) is 4.72 Å². The van der Waals surface area contributed by atoms with Crippen LogP contribution in [0.25, 0.3) is 0 Å². The highest BCUT2D eigenvalue weighted by atomic mass is 32.2. The minimum absolute atomic E-state index is 0.0247. The molecule has 0 amide bonds. The molecule has 2 aromatic rings. The number of anilines is 1. The molecule has 0 spiro atoms. The second-order valence-corrected chi connectivity index (χ2v) is 6.39. The fourth-order valence-electron chi connectivity index (χ4n) is 1.76. The highest BCUT2D eigenvalue weighted by molar-refractivity contribution is 7.92. The van der Waals surface area contributed by atoms with Crippen molar-refractivity contribution in [3.05, 3.63) is 53.6 Å². The van der Waals surface area contributed by atoms with Crippen LogP contribution < -0.4 is 4.72 Å². The van der Waals surface area contributed by atoms with Gasteiger partial charge < -0.3 is 5.11 Å². The maximum atomic E-state index is 12.2. The number of Topliss-reactive ketones (excluding diaryl/α,β-unsaturated/α-hetero) is 1. The quantitative estimate of drug-likeness (QED) is 0.672. The van der Waals surface area contributed by atoms with Gasteiger partial charge in [0.25, 0.3) is 10.0 Å². The first kappa shape index (κ1) is 15.1. The number of phenolic OH excluding ortho intramolecular Hbond substituents is 1. The molecule has 0 heterocycles. The molecule has 0 unspecified atom stereocenters. The van der Waals surface area contributed by atoms with Crippen molar-refractivity contribution < 1.29 is 18.3 Å². The summed E-state index contributed by atoms with van der Waals surface area (Å²) < 4.78 is 26.8. The van der Waals surface area contributed by atoms with Crippen LogP contribution in [0.5, 0.6) is 5.75 Å². The number of hydrogen-bond donors (Lipinski definition) is 2. The zero-order valence-electron chi connectivity index (χ0n) is 11.6. The molecule has 0 atom stereocenters. The van der Waals surface area contributed by atoms with Crippen LogP contribution in [-0.2, 0) is 10.0 Å². The number of carbonyl (C=O) groups excluding carboxylic acids is 1. The lowest BCUT2D eigenvalue weighted by Gasteiger charge is -2.10. The Hall–Kier alpha value is -2.34. The van der Waals surface area contributed by atoms with Gasteiger partial charge in [-0.05, 0) is 44.2 Å². The molecule has 6 heteroatoms. The molecule has 110 valence electrons. The van der Waals surface area contributed by atoms with Crippen LogP contribution in [0.3, 0.4) is 0 Å². The van der Waals surface area contributed by atoms with E-state index in [-0.39, 0.29) is 22.1 Å². The molecule has 0 bridgehead atoms. The average Bonchev–Trinajstić information content (AvgIpc) is 2.41.